The Morgan fingerprint density at radius 2 is 2.30 bits per heavy atom. The molecule has 0 aliphatic carbocycles. The average Bonchev–Trinajstić information content (AvgIpc) is 2.64. The number of aryl methyl sites for hydroxylation is 2. The predicted molar refractivity (Wildman–Crippen MR) is 44.5 cm³/mol. The van der Waals surface area contributed by atoms with E-state index in [1.807, 2.05) is 11.3 Å². The summed E-state index contributed by atoms with van der Waals surface area (Å²) in [5, 5.41) is 3.30. The fourth-order valence-corrected chi connectivity index (χ4v) is 2.15. The van der Waals surface area contributed by atoms with E-state index in [9.17, 15) is 0 Å². The molecule has 2 rings (SSSR count). The van der Waals surface area contributed by atoms with E-state index >= 15 is 0 Å². The molecule has 0 bridgehead atoms. The molecule has 0 saturated carbocycles. The standard InChI is InChI=1S/C8H11NS/c1-5-3-8(7-4-9-7)10-6(5)2/h3,7,9H,4H2,1-2H3/t7-/m1/s1. The number of nitrogens with one attached hydrogen (secondary N) is 1. The van der Waals surface area contributed by atoms with Crippen LogP contribution in [0, 0.1) is 13.8 Å². The second-order valence-corrected chi connectivity index (χ2v) is 4.14. The molecule has 1 aromatic heterocycles. The molecule has 1 N–H and O–H groups in total. The molecule has 54 valence electrons. The van der Waals surface area contributed by atoms with E-state index in [2.05, 4.69) is 25.2 Å². The first kappa shape index (κ1) is 6.38. The average molecular weight is 153 g/mol. The van der Waals surface area contributed by atoms with Crippen molar-refractivity contribution in [3.8, 4) is 0 Å². The Labute approximate surface area is 65.1 Å². The van der Waals surface area contributed by atoms with Crippen LogP contribution in [0.25, 0.3) is 0 Å². The van der Waals surface area contributed by atoms with E-state index in [1.165, 1.54) is 21.9 Å². The highest BCUT2D eigenvalue weighted by atomic mass is 32.1. The zero-order valence-electron chi connectivity index (χ0n) is 6.27. The summed E-state index contributed by atoms with van der Waals surface area (Å²) in [6.07, 6.45) is 0. The SMILES string of the molecule is Cc1cc([C@H]2CN2)sc1C. The molecule has 1 saturated heterocycles. The zero-order valence-corrected chi connectivity index (χ0v) is 7.09. The molecule has 0 amide bonds. The Balaban J connectivity index is 2.34. The Bertz CT molecular complexity index is 228. The van der Waals surface area contributed by atoms with Gasteiger partial charge in [0.2, 0.25) is 0 Å². The van der Waals surface area contributed by atoms with Crippen molar-refractivity contribution >= 4 is 11.3 Å². The third kappa shape index (κ3) is 0.976. The molecule has 1 atom stereocenters. The normalized spacial score (nSPS) is 23.2. The van der Waals surface area contributed by atoms with Gasteiger partial charge in [0, 0.05) is 16.3 Å². The van der Waals surface area contributed by atoms with E-state index < -0.39 is 0 Å². The van der Waals surface area contributed by atoms with E-state index in [0.29, 0.717) is 6.04 Å². The van der Waals surface area contributed by atoms with Gasteiger partial charge in [0.1, 0.15) is 0 Å². The van der Waals surface area contributed by atoms with Crippen molar-refractivity contribution in [2.24, 2.45) is 0 Å². The van der Waals surface area contributed by atoms with Crippen LogP contribution in [0.1, 0.15) is 21.4 Å². The third-order valence-corrected chi connectivity index (χ3v) is 3.20. The number of hydrogen-bond acceptors (Lipinski definition) is 2. The molecule has 0 radical (unpaired) electrons. The monoisotopic (exact) mass is 153 g/mol. The Morgan fingerprint density at radius 3 is 2.70 bits per heavy atom. The Kier molecular flexibility index (Phi) is 1.32. The number of hydrogen-bond donors (Lipinski definition) is 1. The topological polar surface area (TPSA) is 21.9 Å². The van der Waals surface area contributed by atoms with Crippen molar-refractivity contribution in [1.29, 1.82) is 0 Å². The molecule has 0 spiro atoms. The first-order valence-electron chi connectivity index (χ1n) is 3.57. The highest BCUT2D eigenvalue weighted by Crippen LogP contribution is 2.30. The Hall–Kier alpha value is -0.340. The summed E-state index contributed by atoms with van der Waals surface area (Å²) in [4.78, 5) is 2.97. The highest BCUT2D eigenvalue weighted by Gasteiger charge is 2.23. The summed E-state index contributed by atoms with van der Waals surface area (Å²) in [6, 6.07) is 2.99. The van der Waals surface area contributed by atoms with Crippen LogP contribution >= 0.6 is 11.3 Å². The highest BCUT2D eigenvalue weighted by molar-refractivity contribution is 7.12. The first-order valence-corrected chi connectivity index (χ1v) is 4.39. The molecular formula is C8H11NS. The Morgan fingerprint density at radius 1 is 1.60 bits per heavy atom. The molecule has 1 aliphatic rings. The van der Waals surface area contributed by atoms with Gasteiger partial charge in [-0.2, -0.15) is 0 Å². The maximum absolute atomic E-state index is 3.30. The lowest BCUT2D eigenvalue weighted by molar-refractivity contribution is 1.11. The summed E-state index contributed by atoms with van der Waals surface area (Å²) in [5.41, 5.74) is 1.44. The maximum Gasteiger partial charge on any atom is 0.0542 e. The molecule has 2 heteroatoms. The number of rotatable bonds is 1. The quantitative estimate of drug-likeness (QED) is 0.612. The lowest BCUT2D eigenvalue weighted by Gasteiger charge is -1.82. The zero-order chi connectivity index (χ0) is 7.14. The molecule has 2 heterocycles. The van der Waals surface area contributed by atoms with Gasteiger partial charge >= 0.3 is 0 Å². The smallest absolute Gasteiger partial charge is 0.0542 e. The summed E-state index contributed by atoms with van der Waals surface area (Å²) >= 11 is 1.92. The fraction of sp³-hybridized carbons (Fsp3) is 0.500. The summed E-state index contributed by atoms with van der Waals surface area (Å²) in [5.74, 6) is 0. The van der Waals surface area contributed by atoms with Gasteiger partial charge < -0.3 is 5.32 Å². The van der Waals surface area contributed by atoms with Crippen molar-refractivity contribution in [2.45, 2.75) is 19.9 Å². The molecule has 0 unspecified atom stereocenters. The van der Waals surface area contributed by atoms with Gasteiger partial charge in [0.05, 0.1) is 6.04 Å². The number of thiophene rings is 1. The van der Waals surface area contributed by atoms with Crippen molar-refractivity contribution in [3.05, 3.63) is 21.4 Å². The van der Waals surface area contributed by atoms with Gasteiger partial charge in [0.25, 0.3) is 0 Å². The lowest BCUT2D eigenvalue weighted by atomic mass is 10.2. The van der Waals surface area contributed by atoms with Crippen LogP contribution in [-0.2, 0) is 0 Å². The molecule has 1 fully saturated rings. The molecule has 1 aromatic rings. The van der Waals surface area contributed by atoms with Crippen LogP contribution in [-0.4, -0.2) is 6.54 Å². The van der Waals surface area contributed by atoms with E-state index in [1.54, 1.807) is 0 Å². The van der Waals surface area contributed by atoms with Gasteiger partial charge in [0.15, 0.2) is 0 Å². The molecular weight excluding hydrogens is 142 g/mol. The third-order valence-electron chi connectivity index (χ3n) is 1.94. The van der Waals surface area contributed by atoms with Gasteiger partial charge in [-0.05, 0) is 25.5 Å². The second kappa shape index (κ2) is 2.07. The molecule has 1 nitrogen and oxygen atoms in total. The van der Waals surface area contributed by atoms with Crippen molar-refractivity contribution in [1.82, 2.24) is 5.32 Å². The minimum absolute atomic E-state index is 0.692. The van der Waals surface area contributed by atoms with Crippen LogP contribution in [0.3, 0.4) is 0 Å². The predicted octanol–water partition coefficient (Wildman–Crippen LogP) is 2.01. The maximum atomic E-state index is 3.30. The first-order chi connectivity index (χ1) is 4.77. The van der Waals surface area contributed by atoms with Crippen LogP contribution < -0.4 is 5.32 Å². The molecule has 10 heavy (non-hydrogen) atoms. The van der Waals surface area contributed by atoms with Gasteiger partial charge in [-0.15, -0.1) is 11.3 Å². The largest absolute Gasteiger partial charge is 0.306 e. The van der Waals surface area contributed by atoms with Crippen molar-refractivity contribution in [2.75, 3.05) is 6.54 Å². The summed E-state index contributed by atoms with van der Waals surface area (Å²) < 4.78 is 0. The minimum atomic E-state index is 0.692. The fourth-order valence-electron chi connectivity index (χ4n) is 1.03. The van der Waals surface area contributed by atoms with Crippen LogP contribution in [0.4, 0.5) is 0 Å². The van der Waals surface area contributed by atoms with Crippen molar-refractivity contribution < 1.29 is 0 Å². The van der Waals surface area contributed by atoms with Gasteiger partial charge in [-0.3, -0.25) is 0 Å². The summed E-state index contributed by atoms with van der Waals surface area (Å²) in [6.45, 7) is 5.54. The summed E-state index contributed by atoms with van der Waals surface area (Å²) in [7, 11) is 0. The van der Waals surface area contributed by atoms with E-state index in [4.69, 9.17) is 0 Å². The molecule has 1 aliphatic heterocycles. The van der Waals surface area contributed by atoms with E-state index in [0.717, 1.165) is 0 Å². The van der Waals surface area contributed by atoms with Gasteiger partial charge in [-0.1, -0.05) is 0 Å². The van der Waals surface area contributed by atoms with Crippen LogP contribution in [0.5, 0.6) is 0 Å². The van der Waals surface area contributed by atoms with E-state index in [-0.39, 0.29) is 0 Å². The van der Waals surface area contributed by atoms with Crippen LogP contribution in [0.2, 0.25) is 0 Å². The van der Waals surface area contributed by atoms with Crippen molar-refractivity contribution in [3.63, 3.8) is 0 Å². The second-order valence-electron chi connectivity index (χ2n) is 2.85. The lowest BCUT2D eigenvalue weighted by Crippen LogP contribution is -1.74. The molecule has 0 aromatic carbocycles. The van der Waals surface area contributed by atoms with Crippen LogP contribution in [0.15, 0.2) is 6.07 Å². The van der Waals surface area contributed by atoms with Gasteiger partial charge in [-0.25, -0.2) is 0 Å². The minimum Gasteiger partial charge on any atom is -0.306 e.